The summed E-state index contributed by atoms with van der Waals surface area (Å²) >= 11 is 0. The van der Waals surface area contributed by atoms with Crippen molar-refractivity contribution in [1.82, 2.24) is 10.2 Å². The summed E-state index contributed by atoms with van der Waals surface area (Å²) in [6.07, 6.45) is 0.631. The summed E-state index contributed by atoms with van der Waals surface area (Å²) in [4.78, 5) is 26.5. The highest BCUT2D eigenvalue weighted by Crippen LogP contribution is 2.41. The van der Waals surface area contributed by atoms with Gasteiger partial charge in [0.2, 0.25) is 0 Å². The van der Waals surface area contributed by atoms with E-state index in [0.29, 0.717) is 24.5 Å². The number of carboxylic acid groups (broad SMARTS) is 1. The van der Waals surface area contributed by atoms with Gasteiger partial charge in [-0.1, -0.05) is 44.2 Å². The molecule has 2 N–H and O–H groups in total. The molecule has 7 nitrogen and oxygen atoms in total. The number of urea groups is 1. The number of aliphatic carboxylic acids is 1. The van der Waals surface area contributed by atoms with Crippen molar-refractivity contribution in [2.45, 2.75) is 32.4 Å². The van der Waals surface area contributed by atoms with Crippen LogP contribution >= 0.6 is 0 Å². The van der Waals surface area contributed by atoms with Gasteiger partial charge in [-0.3, -0.25) is 0 Å². The summed E-state index contributed by atoms with van der Waals surface area (Å²) in [5, 5.41) is 12.2. The molecule has 2 amide bonds. The molecule has 0 aromatic heterocycles. The molecule has 0 bridgehead atoms. The molecule has 0 aliphatic carbocycles. The van der Waals surface area contributed by atoms with Gasteiger partial charge in [0.1, 0.15) is 6.04 Å². The number of hydrogen-bond acceptors (Lipinski definition) is 4. The first-order chi connectivity index (χ1) is 14.4. The Morgan fingerprint density at radius 3 is 2.30 bits per heavy atom. The van der Waals surface area contributed by atoms with Gasteiger partial charge in [-0.15, -0.1) is 0 Å². The van der Waals surface area contributed by atoms with E-state index in [1.165, 1.54) is 0 Å². The van der Waals surface area contributed by atoms with Crippen LogP contribution in [0.3, 0.4) is 0 Å². The Hall–Kier alpha value is -3.22. The van der Waals surface area contributed by atoms with Gasteiger partial charge in [-0.2, -0.15) is 0 Å². The van der Waals surface area contributed by atoms with Crippen LogP contribution in [0.2, 0.25) is 0 Å². The van der Waals surface area contributed by atoms with E-state index in [-0.39, 0.29) is 12.0 Å². The molecule has 0 spiro atoms. The number of methoxy groups -OCH3 is 2. The molecule has 3 rings (SSSR count). The van der Waals surface area contributed by atoms with E-state index in [1.807, 2.05) is 42.5 Å². The smallest absolute Gasteiger partial charge is 0.326 e. The number of amides is 2. The molecular formula is C23H28N2O5. The van der Waals surface area contributed by atoms with Crippen molar-refractivity contribution in [2.24, 2.45) is 5.92 Å². The fourth-order valence-corrected chi connectivity index (χ4v) is 3.89. The minimum Gasteiger partial charge on any atom is -0.493 e. The lowest BCUT2D eigenvalue weighted by molar-refractivity contribution is -0.140. The fraction of sp³-hybridized carbons (Fsp3) is 0.391. The Morgan fingerprint density at radius 2 is 1.73 bits per heavy atom. The second-order valence-corrected chi connectivity index (χ2v) is 7.67. The van der Waals surface area contributed by atoms with Crippen LogP contribution in [0.4, 0.5) is 4.79 Å². The lowest BCUT2D eigenvalue weighted by Crippen LogP contribution is -2.52. The molecule has 2 aromatic rings. The van der Waals surface area contributed by atoms with E-state index in [9.17, 15) is 14.7 Å². The molecule has 1 aliphatic rings. The van der Waals surface area contributed by atoms with Crippen molar-refractivity contribution in [1.29, 1.82) is 0 Å². The summed E-state index contributed by atoms with van der Waals surface area (Å²) in [7, 11) is 3.18. The third-order valence-electron chi connectivity index (χ3n) is 5.46. The largest absolute Gasteiger partial charge is 0.493 e. The zero-order chi connectivity index (χ0) is 21.8. The molecule has 0 fully saturated rings. The molecule has 1 aliphatic heterocycles. The zero-order valence-corrected chi connectivity index (χ0v) is 17.7. The third-order valence-corrected chi connectivity index (χ3v) is 5.46. The number of carboxylic acids is 1. The molecule has 30 heavy (non-hydrogen) atoms. The Morgan fingerprint density at radius 1 is 1.10 bits per heavy atom. The average molecular weight is 412 g/mol. The lowest BCUT2D eigenvalue weighted by Gasteiger charge is -2.38. The van der Waals surface area contributed by atoms with Gasteiger partial charge in [0.25, 0.3) is 0 Å². The molecule has 0 saturated carbocycles. The number of rotatable bonds is 6. The van der Waals surface area contributed by atoms with Crippen LogP contribution < -0.4 is 14.8 Å². The highest BCUT2D eigenvalue weighted by atomic mass is 16.5. The van der Waals surface area contributed by atoms with Crippen molar-refractivity contribution in [3.05, 3.63) is 59.2 Å². The molecule has 7 heteroatoms. The summed E-state index contributed by atoms with van der Waals surface area (Å²) in [5.74, 6) is -0.0433. The van der Waals surface area contributed by atoms with Gasteiger partial charge < -0.3 is 24.8 Å². The first-order valence-corrected chi connectivity index (χ1v) is 9.97. The zero-order valence-electron chi connectivity index (χ0n) is 17.7. The SMILES string of the molecule is COc1cc2c(cc1OC)[C@H](c1ccccc1)N(C(=O)N[C@@H](C(=O)O)C(C)C)CC2. The highest BCUT2D eigenvalue weighted by Gasteiger charge is 2.35. The molecule has 2 aromatic carbocycles. The number of fused-ring (bicyclic) bond motifs is 1. The van der Waals surface area contributed by atoms with Gasteiger partial charge in [0, 0.05) is 6.54 Å². The van der Waals surface area contributed by atoms with Crippen LogP contribution in [0.5, 0.6) is 11.5 Å². The normalized spacial score (nSPS) is 16.6. The standard InChI is InChI=1S/C23H28N2O5/c1-14(2)20(22(26)27)24-23(28)25-11-10-16-12-18(29-3)19(30-4)13-17(16)21(25)15-8-6-5-7-9-15/h5-9,12-14,20-21H,10-11H2,1-4H3,(H,24,28)(H,26,27)/t20-,21+/m1/s1. The van der Waals surface area contributed by atoms with Gasteiger partial charge in [0.05, 0.1) is 20.3 Å². The second-order valence-electron chi connectivity index (χ2n) is 7.67. The van der Waals surface area contributed by atoms with Gasteiger partial charge in [-0.05, 0) is 41.2 Å². The number of nitrogens with zero attached hydrogens (tertiary/aromatic N) is 1. The average Bonchev–Trinajstić information content (AvgIpc) is 2.75. The van der Waals surface area contributed by atoms with Crippen LogP contribution in [0.25, 0.3) is 0 Å². The summed E-state index contributed by atoms with van der Waals surface area (Å²) < 4.78 is 10.9. The second kappa shape index (κ2) is 9.07. The Kier molecular flexibility index (Phi) is 6.50. The van der Waals surface area contributed by atoms with E-state index in [2.05, 4.69) is 5.32 Å². The van der Waals surface area contributed by atoms with Crippen molar-refractivity contribution < 1.29 is 24.2 Å². The van der Waals surface area contributed by atoms with E-state index >= 15 is 0 Å². The Balaban J connectivity index is 2.05. The van der Waals surface area contributed by atoms with Crippen LogP contribution in [0, 0.1) is 5.92 Å². The number of carbonyl (C=O) groups excluding carboxylic acids is 1. The van der Waals surface area contributed by atoms with Crippen LogP contribution in [-0.2, 0) is 11.2 Å². The predicted molar refractivity (Wildman–Crippen MR) is 113 cm³/mol. The number of nitrogens with one attached hydrogen (secondary N) is 1. The molecular weight excluding hydrogens is 384 g/mol. The van der Waals surface area contributed by atoms with E-state index in [4.69, 9.17) is 9.47 Å². The van der Waals surface area contributed by atoms with Crippen molar-refractivity contribution in [2.75, 3.05) is 20.8 Å². The quantitative estimate of drug-likeness (QED) is 0.759. The number of carbonyl (C=O) groups is 2. The number of hydrogen-bond donors (Lipinski definition) is 2. The van der Waals surface area contributed by atoms with Crippen molar-refractivity contribution >= 4 is 12.0 Å². The number of ether oxygens (including phenoxy) is 2. The molecule has 160 valence electrons. The maximum atomic E-state index is 13.2. The van der Waals surface area contributed by atoms with E-state index in [0.717, 1.165) is 16.7 Å². The predicted octanol–water partition coefficient (Wildman–Crippen LogP) is 3.47. The first-order valence-electron chi connectivity index (χ1n) is 9.97. The fourth-order valence-electron chi connectivity index (χ4n) is 3.89. The molecule has 1 heterocycles. The minimum atomic E-state index is -1.04. The van der Waals surface area contributed by atoms with Crippen LogP contribution in [-0.4, -0.2) is 48.8 Å². The van der Waals surface area contributed by atoms with Gasteiger partial charge >= 0.3 is 12.0 Å². The monoisotopic (exact) mass is 412 g/mol. The number of benzene rings is 2. The topological polar surface area (TPSA) is 88.1 Å². The summed E-state index contributed by atoms with van der Waals surface area (Å²) in [6.45, 7) is 4.01. The van der Waals surface area contributed by atoms with Crippen molar-refractivity contribution in [3.63, 3.8) is 0 Å². The lowest BCUT2D eigenvalue weighted by atomic mass is 9.88. The molecule has 2 atom stereocenters. The van der Waals surface area contributed by atoms with Gasteiger partial charge in [0.15, 0.2) is 11.5 Å². The van der Waals surface area contributed by atoms with Crippen LogP contribution in [0.1, 0.15) is 36.6 Å². The maximum absolute atomic E-state index is 13.2. The first kappa shape index (κ1) is 21.5. The highest BCUT2D eigenvalue weighted by molar-refractivity contribution is 5.83. The van der Waals surface area contributed by atoms with E-state index in [1.54, 1.807) is 33.0 Å². The maximum Gasteiger partial charge on any atom is 0.326 e. The Labute approximate surface area is 176 Å². The summed E-state index contributed by atoms with van der Waals surface area (Å²) in [5.41, 5.74) is 2.96. The molecule has 0 unspecified atom stereocenters. The summed E-state index contributed by atoms with van der Waals surface area (Å²) in [6, 6.07) is 11.8. The van der Waals surface area contributed by atoms with Crippen LogP contribution in [0.15, 0.2) is 42.5 Å². The van der Waals surface area contributed by atoms with Gasteiger partial charge in [-0.25, -0.2) is 9.59 Å². The van der Waals surface area contributed by atoms with E-state index < -0.39 is 18.0 Å². The Bertz CT molecular complexity index is 913. The third kappa shape index (κ3) is 4.20. The minimum absolute atomic E-state index is 0.233. The molecule has 0 saturated heterocycles. The molecule has 0 radical (unpaired) electrons. The van der Waals surface area contributed by atoms with Crippen molar-refractivity contribution in [3.8, 4) is 11.5 Å².